The minimum Gasteiger partial charge on any atom is -0.462 e. The molecule has 3 aromatic heterocycles. The first-order valence-electron chi connectivity index (χ1n) is 7.54. The second kappa shape index (κ2) is 6.82. The van der Waals surface area contributed by atoms with Crippen LogP contribution in [0.1, 0.15) is 32.9 Å². The molecule has 0 aliphatic carbocycles. The van der Waals surface area contributed by atoms with Gasteiger partial charge in [0.1, 0.15) is 21.9 Å². The summed E-state index contributed by atoms with van der Waals surface area (Å²) < 4.78 is 5.14. The van der Waals surface area contributed by atoms with E-state index in [0.717, 1.165) is 32.3 Å². The van der Waals surface area contributed by atoms with Crippen molar-refractivity contribution in [1.29, 1.82) is 0 Å². The van der Waals surface area contributed by atoms with Crippen molar-refractivity contribution >= 4 is 44.7 Å². The highest BCUT2D eigenvalue weighted by atomic mass is 32.1. The molecule has 3 heterocycles. The smallest absolute Gasteiger partial charge is 0.348 e. The van der Waals surface area contributed by atoms with E-state index in [4.69, 9.17) is 4.74 Å². The van der Waals surface area contributed by atoms with Crippen LogP contribution in [0, 0.1) is 13.8 Å². The van der Waals surface area contributed by atoms with Crippen molar-refractivity contribution in [1.82, 2.24) is 15.0 Å². The number of anilines is 1. The predicted octanol–water partition coefficient (Wildman–Crippen LogP) is 3.58. The van der Waals surface area contributed by atoms with E-state index >= 15 is 0 Å². The summed E-state index contributed by atoms with van der Waals surface area (Å²) in [7, 11) is 1.97. The van der Waals surface area contributed by atoms with Gasteiger partial charge in [0.05, 0.1) is 29.2 Å². The van der Waals surface area contributed by atoms with Crippen LogP contribution in [0.4, 0.5) is 5.82 Å². The number of nitrogens with zero attached hydrogens (tertiary/aromatic N) is 4. The average molecular weight is 362 g/mol. The van der Waals surface area contributed by atoms with Gasteiger partial charge >= 0.3 is 5.97 Å². The maximum absolute atomic E-state index is 12.1. The lowest BCUT2D eigenvalue weighted by atomic mass is 10.2. The van der Waals surface area contributed by atoms with E-state index in [0.29, 0.717) is 18.0 Å². The summed E-state index contributed by atoms with van der Waals surface area (Å²) in [6.07, 6.45) is 1.53. The normalized spacial score (nSPS) is 11.0. The fourth-order valence-electron chi connectivity index (χ4n) is 2.53. The van der Waals surface area contributed by atoms with Gasteiger partial charge in [0, 0.05) is 12.4 Å². The minimum atomic E-state index is -0.304. The van der Waals surface area contributed by atoms with E-state index in [9.17, 15) is 4.79 Å². The van der Waals surface area contributed by atoms with E-state index in [1.807, 2.05) is 25.8 Å². The van der Waals surface area contributed by atoms with Crippen LogP contribution in [-0.2, 0) is 11.3 Å². The van der Waals surface area contributed by atoms with Gasteiger partial charge in [-0.3, -0.25) is 0 Å². The highest BCUT2D eigenvalue weighted by Crippen LogP contribution is 2.35. The lowest BCUT2D eigenvalue weighted by molar-refractivity contribution is 0.0531. The molecule has 0 radical (unpaired) electrons. The summed E-state index contributed by atoms with van der Waals surface area (Å²) in [6, 6.07) is 0. The molecule has 0 saturated carbocycles. The summed E-state index contributed by atoms with van der Waals surface area (Å²) >= 11 is 2.98. The quantitative estimate of drug-likeness (QED) is 0.646. The van der Waals surface area contributed by atoms with Crippen LogP contribution in [0.2, 0.25) is 0 Å². The van der Waals surface area contributed by atoms with Gasteiger partial charge in [0.2, 0.25) is 0 Å². The third-order valence-electron chi connectivity index (χ3n) is 3.59. The Morgan fingerprint density at radius 2 is 2.12 bits per heavy atom. The molecule has 0 aliphatic rings. The summed E-state index contributed by atoms with van der Waals surface area (Å²) in [5.41, 5.74) is 1.87. The fraction of sp³-hybridized carbons (Fsp3) is 0.375. The summed E-state index contributed by atoms with van der Waals surface area (Å²) in [4.78, 5) is 28.8. The van der Waals surface area contributed by atoms with Gasteiger partial charge in [-0.2, -0.15) is 0 Å². The first-order valence-corrected chi connectivity index (χ1v) is 9.24. The van der Waals surface area contributed by atoms with Crippen molar-refractivity contribution < 1.29 is 9.53 Å². The molecule has 0 saturated heterocycles. The van der Waals surface area contributed by atoms with Crippen molar-refractivity contribution in [2.24, 2.45) is 0 Å². The van der Waals surface area contributed by atoms with Crippen LogP contribution in [0.3, 0.4) is 0 Å². The highest BCUT2D eigenvalue weighted by Gasteiger charge is 2.21. The van der Waals surface area contributed by atoms with Crippen LogP contribution in [-0.4, -0.2) is 34.6 Å². The van der Waals surface area contributed by atoms with Crippen LogP contribution < -0.4 is 4.90 Å². The van der Waals surface area contributed by atoms with Gasteiger partial charge in [-0.15, -0.1) is 22.7 Å². The van der Waals surface area contributed by atoms with E-state index in [1.54, 1.807) is 18.3 Å². The summed E-state index contributed by atoms with van der Waals surface area (Å²) in [5, 5.41) is 4.00. The molecule has 0 unspecified atom stereocenters. The molecule has 0 bridgehead atoms. The maximum atomic E-state index is 12.1. The molecule has 0 spiro atoms. The van der Waals surface area contributed by atoms with Gasteiger partial charge < -0.3 is 9.64 Å². The molecule has 24 heavy (non-hydrogen) atoms. The van der Waals surface area contributed by atoms with Gasteiger partial charge in [0.15, 0.2) is 0 Å². The van der Waals surface area contributed by atoms with Crippen molar-refractivity contribution in [3.63, 3.8) is 0 Å². The standard InChI is InChI=1S/C16H18N4O2S2/c1-5-22-16(21)13-9(2)12-14(17-8-18-15(12)24-13)20(4)6-11-7-23-10(3)19-11/h7-8H,5-6H2,1-4H3. The lowest BCUT2D eigenvalue weighted by Gasteiger charge is -2.18. The third-order valence-corrected chi connectivity index (χ3v) is 5.60. The van der Waals surface area contributed by atoms with Crippen LogP contribution >= 0.6 is 22.7 Å². The van der Waals surface area contributed by atoms with E-state index < -0.39 is 0 Å². The molecule has 6 nitrogen and oxygen atoms in total. The molecule has 0 aliphatic heterocycles. The number of aryl methyl sites for hydroxylation is 2. The molecule has 126 valence electrons. The topological polar surface area (TPSA) is 68.2 Å². The Morgan fingerprint density at radius 3 is 2.79 bits per heavy atom. The van der Waals surface area contributed by atoms with Crippen LogP contribution in [0.5, 0.6) is 0 Å². The zero-order valence-corrected chi connectivity index (χ0v) is 15.6. The van der Waals surface area contributed by atoms with E-state index in [-0.39, 0.29) is 5.97 Å². The van der Waals surface area contributed by atoms with Crippen molar-refractivity contribution in [3.05, 3.63) is 32.8 Å². The molecule has 0 amide bonds. The number of carbonyl (C=O) groups is 1. The van der Waals surface area contributed by atoms with Crippen LogP contribution in [0.25, 0.3) is 10.2 Å². The number of carbonyl (C=O) groups excluding carboxylic acids is 1. The lowest BCUT2D eigenvalue weighted by Crippen LogP contribution is -2.18. The zero-order valence-electron chi connectivity index (χ0n) is 14.0. The summed E-state index contributed by atoms with van der Waals surface area (Å²) in [6.45, 7) is 6.72. The Hall–Kier alpha value is -2.06. The highest BCUT2D eigenvalue weighted by molar-refractivity contribution is 7.20. The Bertz CT molecular complexity index is 887. The Balaban J connectivity index is 2.00. The van der Waals surface area contributed by atoms with Crippen LogP contribution in [0.15, 0.2) is 11.7 Å². The second-order valence-corrected chi connectivity index (χ2v) is 7.43. The van der Waals surface area contributed by atoms with Gasteiger partial charge in [-0.25, -0.2) is 19.7 Å². The number of rotatable bonds is 5. The predicted molar refractivity (Wildman–Crippen MR) is 97.1 cm³/mol. The van der Waals surface area contributed by atoms with Gasteiger partial charge in [-0.05, 0) is 26.3 Å². The molecule has 3 aromatic rings. The molecule has 0 atom stereocenters. The number of ether oxygens (including phenoxy) is 1. The molecule has 3 rings (SSSR count). The molecule has 8 heteroatoms. The van der Waals surface area contributed by atoms with Crippen molar-refractivity contribution in [2.75, 3.05) is 18.6 Å². The number of thiophene rings is 1. The number of hydrogen-bond acceptors (Lipinski definition) is 8. The second-order valence-electron chi connectivity index (χ2n) is 5.37. The number of aromatic nitrogens is 3. The number of esters is 1. The third kappa shape index (κ3) is 3.11. The number of thiazole rings is 1. The average Bonchev–Trinajstić information content (AvgIpc) is 3.11. The molecule has 0 fully saturated rings. The SMILES string of the molecule is CCOC(=O)c1sc2ncnc(N(C)Cc3csc(C)n3)c2c1C. The fourth-order valence-corrected chi connectivity index (χ4v) is 4.17. The molecular formula is C16H18N4O2S2. The minimum absolute atomic E-state index is 0.304. The monoisotopic (exact) mass is 362 g/mol. The van der Waals surface area contributed by atoms with E-state index in [1.165, 1.54) is 17.7 Å². The maximum Gasteiger partial charge on any atom is 0.348 e. The van der Waals surface area contributed by atoms with Crippen molar-refractivity contribution in [2.45, 2.75) is 27.3 Å². The molecule has 0 aromatic carbocycles. The molecule has 0 N–H and O–H groups in total. The van der Waals surface area contributed by atoms with Crippen molar-refractivity contribution in [3.8, 4) is 0 Å². The number of fused-ring (bicyclic) bond motifs is 1. The summed E-state index contributed by atoms with van der Waals surface area (Å²) in [5.74, 6) is 0.497. The Morgan fingerprint density at radius 1 is 1.33 bits per heavy atom. The first-order chi connectivity index (χ1) is 11.5. The number of hydrogen-bond donors (Lipinski definition) is 0. The zero-order chi connectivity index (χ0) is 17.3. The Kier molecular flexibility index (Phi) is 4.77. The first kappa shape index (κ1) is 16.8. The van der Waals surface area contributed by atoms with Gasteiger partial charge in [-0.1, -0.05) is 0 Å². The van der Waals surface area contributed by atoms with Gasteiger partial charge in [0.25, 0.3) is 0 Å². The Labute approximate surface area is 148 Å². The van der Waals surface area contributed by atoms with E-state index in [2.05, 4.69) is 20.3 Å². The molecular weight excluding hydrogens is 344 g/mol. The largest absolute Gasteiger partial charge is 0.462 e.